The molecule has 1 N–H and O–H groups in total. The van der Waals surface area contributed by atoms with Gasteiger partial charge in [0.05, 0.1) is 10.6 Å². The first kappa shape index (κ1) is 29.6. The summed E-state index contributed by atoms with van der Waals surface area (Å²) in [5, 5.41) is 3.63. The van der Waals surface area contributed by atoms with E-state index in [1.807, 2.05) is 13.8 Å². The number of anilines is 1. The summed E-state index contributed by atoms with van der Waals surface area (Å²) in [5.74, 6) is -0.738. The van der Waals surface area contributed by atoms with Crippen LogP contribution in [0.2, 0.25) is 5.02 Å². The number of sulfonamides is 1. The van der Waals surface area contributed by atoms with Crippen LogP contribution in [0, 0.1) is 13.8 Å². The molecule has 0 radical (unpaired) electrons. The van der Waals surface area contributed by atoms with E-state index in [4.69, 9.17) is 11.6 Å². The van der Waals surface area contributed by atoms with E-state index in [-0.39, 0.29) is 23.4 Å². The van der Waals surface area contributed by atoms with Crippen LogP contribution in [0.5, 0.6) is 0 Å². The predicted octanol–water partition coefficient (Wildman–Crippen LogP) is 5.63. The van der Waals surface area contributed by atoms with E-state index in [0.717, 1.165) is 46.7 Å². The number of nitrogens with zero attached hydrogens (tertiary/aromatic N) is 2. The maximum absolute atomic E-state index is 14.0. The van der Waals surface area contributed by atoms with Crippen molar-refractivity contribution in [2.75, 3.05) is 10.8 Å². The molecule has 0 saturated heterocycles. The number of halogens is 1. The quantitative estimate of drug-likeness (QED) is 0.336. The number of carbonyl (C=O) groups excluding carboxylic acids is 2. The number of carbonyl (C=O) groups is 2. The van der Waals surface area contributed by atoms with Crippen molar-refractivity contribution in [1.29, 1.82) is 0 Å². The second-order valence-electron chi connectivity index (χ2n) is 10.5. The van der Waals surface area contributed by atoms with Crippen molar-refractivity contribution >= 4 is 39.1 Å². The molecule has 3 aromatic rings. The molecule has 0 bridgehead atoms. The Morgan fingerprint density at radius 1 is 0.900 bits per heavy atom. The second-order valence-corrected chi connectivity index (χ2v) is 12.8. The minimum Gasteiger partial charge on any atom is -0.352 e. The lowest BCUT2D eigenvalue weighted by Gasteiger charge is -2.32. The molecule has 7 nitrogen and oxygen atoms in total. The van der Waals surface area contributed by atoms with Gasteiger partial charge in [-0.3, -0.25) is 13.9 Å². The average molecular weight is 582 g/mol. The smallest absolute Gasteiger partial charge is 0.264 e. The molecule has 1 saturated carbocycles. The predicted molar refractivity (Wildman–Crippen MR) is 159 cm³/mol. The summed E-state index contributed by atoms with van der Waals surface area (Å²) in [6.45, 7) is 5.13. The molecule has 40 heavy (non-hydrogen) atoms. The summed E-state index contributed by atoms with van der Waals surface area (Å²) >= 11 is 6.07. The highest BCUT2D eigenvalue weighted by molar-refractivity contribution is 7.92. The lowest BCUT2D eigenvalue weighted by molar-refractivity contribution is -0.139. The Morgan fingerprint density at radius 3 is 2.02 bits per heavy atom. The largest absolute Gasteiger partial charge is 0.352 e. The lowest BCUT2D eigenvalue weighted by atomic mass is 10.1. The van der Waals surface area contributed by atoms with Crippen LogP contribution in [0.15, 0.2) is 77.7 Å². The van der Waals surface area contributed by atoms with Crippen molar-refractivity contribution in [1.82, 2.24) is 10.2 Å². The Hall–Kier alpha value is -3.36. The summed E-state index contributed by atoms with van der Waals surface area (Å²) in [7, 11) is -4.09. The normalized spacial score (nSPS) is 14.5. The van der Waals surface area contributed by atoms with Crippen molar-refractivity contribution < 1.29 is 18.0 Å². The van der Waals surface area contributed by atoms with Crippen molar-refractivity contribution in [3.8, 4) is 0 Å². The first-order chi connectivity index (χ1) is 19.0. The van der Waals surface area contributed by atoms with Crippen molar-refractivity contribution in [3.63, 3.8) is 0 Å². The molecule has 4 rings (SSSR count). The van der Waals surface area contributed by atoms with E-state index < -0.39 is 28.5 Å². The maximum atomic E-state index is 14.0. The number of nitrogens with one attached hydrogen (secondary N) is 1. The summed E-state index contributed by atoms with van der Waals surface area (Å²) in [6.07, 6.45) is 3.96. The maximum Gasteiger partial charge on any atom is 0.264 e. The minimum atomic E-state index is -4.09. The standard InChI is InChI=1S/C31H36ClN3O4S/c1-22-8-16-28(17-9-22)35(40(38,39)29-18-10-23(2)11-19-29)21-30(36)34(20-25-12-14-26(32)15-13-25)24(3)31(37)33-27-6-4-5-7-27/h8-19,24,27H,4-7,20-21H2,1-3H3,(H,33,37)/t24-/m0/s1. The van der Waals surface area contributed by atoms with Crippen LogP contribution in [-0.4, -0.2) is 43.8 Å². The topological polar surface area (TPSA) is 86.8 Å². The van der Waals surface area contributed by atoms with E-state index >= 15 is 0 Å². The average Bonchev–Trinajstić information content (AvgIpc) is 3.44. The van der Waals surface area contributed by atoms with Gasteiger partial charge in [0.25, 0.3) is 10.0 Å². The molecule has 1 atom stereocenters. The van der Waals surface area contributed by atoms with Gasteiger partial charge in [-0.1, -0.05) is 72.0 Å². The van der Waals surface area contributed by atoms with E-state index in [2.05, 4.69) is 5.32 Å². The molecular weight excluding hydrogens is 546 g/mol. The monoisotopic (exact) mass is 581 g/mol. The molecule has 1 aliphatic rings. The van der Waals surface area contributed by atoms with Gasteiger partial charge in [0.2, 0.25) is 11.8 Å². The molecule has 0 aliphatic heterocycles. The van der Waals surface area contributed by atoms with Gasteiger partial charge < -0.3 is 10.2 Å². The van der Waals surface area contributed by atoms with Crippen LogP contribution < -0.4 is 9.62 Å². The third-order valence-corrected chi connectivity index (χ3v) is 9.38. The highest BCUT2D eigenvalue weighted by Crippen LogP contribution is 2.26. The Labute approximate surface area is 242 Å². The first-order valence-electron chi connectivity index (χ1n) is 13.5. The SMILES string of the molecule is Cc1ccc(N(CC(=O)N(Cc2ccc(Cl)cc2)[C@@H](C)C(=O)NC2CCCC2)S(=O)(=O)c2ccc(C)cc2)cc1. The third kappa shape index (κ3) is 7.23. The molecule has 9 heteroatoms. The van der Waals surface area contributed by atoms with Gasteiger partial charge in [-0.05, 0) is 75.6 Å². The number of hydrogen-bond donors (Lipinski definition) is 1. The van der Waals surface area contributed by atoms with Gasteiger partial charge in [0.15, 0.2) is 0 Å². The molecule has 0 heterocycles. The van der Waals surface area contributed by atoms with E-state index in [1.165, 1.54) is 4.90 Å². The minimum absolute atomic E-state index is 0.0859. The van der Waals surface area contributed by atoms with Crippen LogP contribution in [0.1, 0.15) is 49.3 Å². The van der Waals surface area contributed by atoms with Crippen LogP contribution in [-0.2, 0) is 26.2 Å². The molecule has 212 valence electrons. The van der Waals surface area contributed by atoms with Gasteiger partial charge in [0, 0.05) is 17.6 Å². The summed E-state index contributed by atoms with van der Waals surface area (Å²) < 4.78 is 28.9. The Bertz CT molecular complexity index is 1420. The van der Waals surface area contributed by atoms with Crippen molar-refractivity contribution in [2.24, 2.45) is 0 Å². The lowest BCUT2D eigenvalue weighted by Crippen LogP contribution is -2.52. The summed E-state index contributed by atoms with van der Waals surface area (Å²) in [4.78, 5) is 28.8. The number of amides is 2. The van der Waals surface area contributed by atoms with Crippen LogP contribution in [0.4, 0.5) is 5.69 Å². The summed E-state index contributed by atoms with van der Waals surface area (Å²) in [6, 6.07) is 19.8. The summed E-state index contributed by atoms with van der Waals surface area (Å²) in [5.41, 5.74) is 3.04. The first-order valence-corrected chi connectivity index (χ1v) is 15.4. The molecule has 0 aromatic heterocycles. The molecule has 1 fully saturated rings. The van der Waals surface area contributed by atoms with Gasteiger partial charge >= 0.3 is 0 Å². The van der Waals surface area contributed by atoms with E-state index in [0.29, 0.717) is 10.7 Å². The Morgan fingerprint density at radius 2 is 1.45 bits per heavy atom. The molecule has 1 aliphatic carbocycles. The van der Waals surface area contributed by atoms with Crippen molar-refractivity contribution in [2.45, 2.75) is 70.0 Å². The van der Waals surface area contributed by atoms with Gasteiger partial charge in [-0.2, -0.15) is 0 Å². The second kappa shape index (κ2) is 12.9. The molecule has 0 unspecified atom stereocenters. The van der Waals surface area contributed by atoms with Crippen LogP contribution >= 0.6 is 11.6 Å². The third-order valence-electron chi connectivity index (χ3n) is 7.34. The van der Waals surface area contributed by atoms with E-state index in [9.17, 15) is 18.0 Å². The van der Waals surface area contributed by atoms with E-state index in [1.54, 1.807) is 79.7 Å². The molecule has 0 spiro atoms. The fraction of sp³-hybridized carbons (Fsp3) is 0.355. The Kier molecular flexibility index (Phi) is 9.53. The zero-order valence-corrected chi connectivity index (χ0v) is 24.7. The number of aryl methyl sites for hydroxylation is 2. The Balaban J connectivity index is 1.67. The van der Waals surface area contributed by atoms with Crippen molar-refractivity contribution in [3.05, 3.63) is 94.5 Å². The highest BCUT2D eigenvalue weighted by atomic mass is 35.5. The number of rotatable bonds is 10. The molecule has 2 amide bonds. The fourth-order valence-electron chi connectivity index (χ4n) is 4.84. The van der Waals surface area contributed by atoms with Crippen LogP contribution in [0.3, 0.4) is 0 Å². The fourth-order valence-corrected chi connectivity index (χ4v) is 6.38. The molecule has 3 aromatic carbocycles. The van der Waals surface area contributed by atoms with Gasteiger partial charge in [-0.15, -0.1) is 0 Å². The zero-order valence-electron chi connectivity index (χ0n) is 23.1. The number of benzene rings is 3. The van der Waals surface area contributed by atoms with Crippen LogP contribution in [0.25, 0.3) is 0 Å². The van der Waals surface area contributed by atoms with Gasteiger partial charge in [-0.25, -0.2) is 8.42 Å². The zero-order chi connectivity index (χ0) is 28.9. The molecular formula is C31H36ClN3O4S. The number of hydrogen-bond acceptors (Lipinski definition) is 4. The highest BCUT2D eigenvalue weighted by Gasteiger charge is 2.33. The van der Waals surface area contributed by atoms with Gasteiger partial charge in [0.1, 0.15) is 12.6 Å².